The minimum Gasteiger partial charge on any atom is -0.481 e. The van der Waals surface area contributed by atoms with Crippen molar-refractivity contribution in [3.8, 4) is 17.3 Å². The monoisotopic (exact) mass is 326 g/mol. The van der Waals surface area contributed by atoms with E-state index < -0.39 is 0 Å². The molecule has 1 N–H and O–H groups in total. The molecule has 1 amide bonds. The average molecular weight is 326 g/mol. The van der Waals surface area contributed by atoms with Gasteiger partial charge in [-0.25, -0.2) is 4.98 Å². The van der Waals surface area contributed by atoms with E-state index in [0.29, 0.717) is 30.6 Å². The number of hydrogen-bond acceptors (Lipinski definition) is 7. The van der Waals surface area contributed by atoms with Crippen molar-refractivity contribution in [2.45, 2.75) is 12.3 Å². The van der Waals surface area contributed by atoms with Gasteiger partial charge < -0.3 is 14.2 Å². The number of methoxy groups -OCH3 is 1. The van der Waals surface area contributed by atoms with E-state index in [2.05, 4.69) is 25.3 Å². The zero-order valence-electron chi connectivity index (χ0n) is 12.8. The molecule has 9 nitrogen and oxygen atoms in total. The maximum Gasteiger partial charge on any atom is 0.232 e. The van der Waals surface area contributed by atoms with Crippen LogP contribution in [0.5, 0.6) is 5.88 Å². The third-order valence-corrected chi connectivity index (χ3v) is 3.91. The molecule has 1 aliphatic heterocycles. The molecule has 0 radical (unpaired) electrons. The van der Waals surface area contributed by atoms with Crippen molar-refractivity contribution in [3.05, 3.63) is 36.6 Å². The predicted octanol–water partition coefficient (Wildman–Crippen LogP) is 1.38. The molecule has 122 valence electrons. The zero-order chi connectivity index (χ0) is 16.5. The number of pyridine rings is 1. The maximum absolute atomic E-state index is 12.2. The zero-order valence-corrected chi connectivity index (χ0v) is 12.8. The van der Waals surface area contributed by atoms with Crippen LogP contribution in [0.4, 0.5) is 5.69 Å². The second-order valence-corrected chi connectivity index (χ2v) is 5.40. The number of nitrogens with zero attached hydrogens (tertiary/aromatic N) is 5. The topological polar surface area (TPSA) is 110 Å². The summed E-state index contributed by atoms with van der Waals surface area (Å²) < 4.78 is 10.5. The summed E-state index contributed by atoms with van der Waals surface area (Å²) in [5.41, 5.74) is 1.48. The van der Waals surface area contributed by atoms with Gasteiger partial charge in [0.05, 0.1) is 24.9 Å². The number of carbonyl (C=O) groups excluding carboxylic acids is 1. The first-order valence-corrected chi connectivity index (χ1v) is 7.38. The highest BCUT2D eigenvalue weighted by atomic mass is 16.5. The van der Waals surface area contributed by atoms with Crippen molar-refractivity contribution < 1.29 is 14.1 Å². The van der Waals surface area contributed by atoms with Gasteiger partial charge in [-0.1, -0.05) is 5.16 Å². The van der Waals surface area contributed by atoms with Gasteiger partial charge in [0, 0.05) is 37.0 Å². The number of amides is 1. The summed E-state index contributed by atoms with van der Waals surface area (Å²) in [5, 5.41) is 10.6. The molecule has 0 spiro atoms. The standard InChI is InChI=1S/C15H14N6O3/c1-23-12-4-9(2-3-16-12)14-19-15(24-20-14)10-5-13(22)21(8-10)11-6-17-18-7-11/h2-4,6-7,10H,5,8H2,1H3,(H,17,18)/t10-/m0/s1. The summed E-state index contributed by atoms with van der Waals surface area (Å²) in [6.07, 6.45) is 5.24. The smallest absolute Gasteiger partial charge is 0.232 e. The second-order valence-electron chi connectivity index (χ2n) is 5.40. The second kappa shape index (κ2) is 5.76. The molecule has 1 atom stereocenters. The summed E-state index contributed by atoms with van der Waals surface area (Å²) in [6.45, 7) is 0.486. The van der Waals surface area contributed by atoms with E-state index in [-0.39, 0.29) is 11.8 Å². The molecule has 0 unspecified atom stereocenters. The summed E-state index contributed by atoms with van der Waals surface area (Å²) >= 11 is 0. The van der Waals surface area contributed by atoms with E-state index in [4.69, 9.17) is 9.26 Å². The van der Waals surface area contributed by atoms with E-state index >= 15 is 0 Å². The van der Waals surface area contributed by atoms with Gasteiger partial charge in [-0.3, -0.25) is 9.89 Å². The Bertz CT molecular complexity index is 860. The molecule has 3 aromatic heterocycles. The Morgan fingerprint density at radius 2 is 2.38 bits per heavy atom. The fraction of sp³-hybridized carbons (Fsp3) is 0.267. The third-order valence-electron chi connectivity index (χ3n) is 3.91. The fourth-order valence-electron chi connectivity index (χ4n) is 2.69. The largest absolute Gasteiger partial charge is 0.481 e. The number of nitrogens with one attached hydrogen (secondary N) is 1. The van der Waals surface area contributed by atoms with Gasteiger partial charge in [0.15, 0.2) is 0 Å². The summed E-state index contributed by atoms with van der Waals surface area (Å²) in [5.74, 6) is 1.23. The lowest BCUT2D eigenvalue weighted by Crippen LogP contribution is -2.23. The number of aromatic amines is 1. The molecule has 4 heterocycles. The van der Waals surface area contributed by atoms with E-state index in [1.807, 2.05) is 0 Å². The molecule has 0 aromatic carbocycles. The van der Waals surface area contributed by atoms with Crippen LogP contribution < -0.4 is 9.64 Å². The van der Waals surface area contributed by atoms with Crippen LogP contribution in [-0.4, -0.2) is 44.9 Å². The molecule has 0 saturated carbocycles. The van der Waals surface area contributed by atoms with Crippen molar-refractivity contribution in [3.63, 3.8) is 0 Å². The van der Waals surface area contributed by atoms with Gasteiger partial charge in [-0.2, -0.15) is 10.1 Å². The van der Waals surface area contributed by atoms with Crippen molar-refractivity contribution in [1.29, 1.82) is 0 Å². The lowest BCUT2D eigenvalue weighted by Gasteiger charge is -2.12. The SMILES string of the molecule is COc1cc(-c2noc([C@H]3CC(=O)N(c4cn[nH]c4)C3)n2)ccn1. The van der Waals surface area contributed by atoms with E-state index in [1.165, 1.54) is 0 Å². The van der Waals surface area contributed by atoms with Crippen molar-refractivity contribution in [2.75, 3.05) is 18.6 Å². The average Bonchev–Trinajstić information content (AvgIpc) is 3.34. The normalized spacial score (nSPS) is 17.5. The van der Waals surface area contributed by atoms with Crippen LogP contribution in [0.25, 0.3) is 11.4 Å². The molecule has 3 aromatic rings. The molecule has 0 aliphatic carbocycles. The highest BCUT2D eigenvalue weighted by Gasteiger charge is 2.35. The van der Waals surface area contributed by atoms with Crippen LogP contribution in [0, 0.1) is 0 Å². The van der Waals surface area contributed by atoms with Crippen LogP contribution in [-0.2, 0) is 4.79 Å². The van der Waals surface area contributed by atoms with Crippen LogP contribution >= 0.6 is 0 Å². The molecular formula is C15H14N6O3. The Labute approximate surface area is 136 Å². The number of ether oxygens (including phenoxy) is 1. The quantitative estimate of drug-likeness (QED) is 0.771. The maximum atomic E-state index is 12.2. The van der Waals surface area contributed by atoms with Crippen molar-refractivity contribution in [2.24, 2.45) is 0 Å². The molecule has 0 bridgehead atoms. The molecule has 1 saturated heterocycles. The number of carbonyl (C=O) groups is 1. The Kier molecular flexibility index (Phi) is 3.45. The minimum atomic E-state index is -0.141. The number of anilines is 1. The summed E-state index contributed by atoms with van der Waals surface area (Å²) in [7, 11) is 1.54. The van der Waals surface area contributed by atoms with Crippen LogP contribution in [0.3, 0.4) is 0 Å². The molecule has 24 heavy (non-hydrogen) atoms. The van der Waals surface area contributed by atoms with Crippen LogP contribution in [0.2, 0.25) is 0 Å². The van der Waals surface area contributed by atoms with E-state index in [9.17, 15) is 4.79 Å². The van der Waals surface area contributed by atoms with Gasteiger partial charge in [0.1, 0.15) is 0 Å². The highest BCUT2D eigenvalue weighted by Crippen LogP contribution is 2.31. The number of aromatic nitrogens is 5. The number of rotatable bonds is 4. The summed E-state index contributed by atoms with van der Waals surface area (Å²) in [6, 6.07) is 3.50. The predicted molar refractivity (Wildman–Crippen MR) is 82.4 cm³/mol. The number of H-pyrrole nitrogens is 1. The summed E-state index contributed by atoms with van der Waals surface area (Å²) in [4.78, 5) is 22.3. The minimum absolute atomic E-state index is 0.00623. The van der Waals surface area contributed by atoms with Gasteiger partial charge in [0.25, 0.3) is 0 Å². The van der Waals surface area contributed by atoms with Crippen molar-refractivity contribution >= 4 is 11.6 Å². The first-order chi connectivity index (χ1) is 11.7. The highest BCUT2D eigenvalue weighted by molar-refractivity contribution is 5.96. The Balaban J connectivity index is 1.56. The first kappa shape index (κ1) is 14.4. The van der Waals surface area contributed by atoms with E-state index in [0.717, 1.165) is 11.3 Å². The fourth-order valence-corrected chi connectivity index (χ4v) is 2.69. The van der Waals surface area contributed by atoms with Gasteiger partial charge in [0.2, 0.25) is 23.5 Å². The van der Waals surface area contributed by atoms with Gasteiger partial charge in [-0.05, 0) is 6.07 Å². The van der Waals surface area contributed by atoms with Gasteiger partial charge in [-0.15, -0.1) is 0 Å². The van der Waals surface area contributed by atoms with Crippen LogP contribution in [0.1, 0.15) is 18.2 Å². The Morgan fingerprint density at radius 3 is 3.17 bits per heavy atom. The Hall–Kier alpha value is -3.23. The molecule has 4 rings (SSSR count). The lowest BCUT2D eigenvalue weighted by molar-refractivity contribution is -0.117. The van der Waals surface area contributed by atoms with Crippen LogP contribution in [0.15, 0.2) is 35.2 Å². The number of hydrogen-bond donors (Lipinski definition) is 1. The lowest BCUT2D eigenvalue weighted by atomic mass is 10.1. The van der Waals surface area contributed by atoms with Gasteiger partial charge >= 0.3 is 0 Å². The Morgan fingerprint density at radius 1 is 1.46 bits per heavy atom. The third kappa shape index (κ3) is 2.49. The molecule has 1 aliphatic rings. The molecule has 1 fully saturated rings. The first-order valence-electron chi connectivity index (χ1n) is 7.38. The van der Waals surface area contributed by atoms with E-state index in [1.54, 1.807) is 42.7 Å². The van der Waals surface area contributed by atoms with Crippen molar-refractivity contribution in [1.82, 2.24) is 25.3 Å². The molecule has 9 heteroatoms. The molecular weight excluding hydrogens is 312 g/mol.